The second-order valence-corrected chi connectivity index (χ2v) is 10.1. The number of benzene rings is 2. The van der Waals surface area contributed by atoms with Crippen molar-refractivity contribution in [3.8, 4) is 10.6 Å². The molecule has 0 atom stereocenters. The van der Waals surface area contributed by atoms with Gasteiger partial charge in [0.1, 0.15) is 0 Å². The molecule has 0 N–H and O–H groups in total. The summed E-state index contributed by atoms with van der Waals surface area (Å²) in [6.45, 7) is 13.9. The molecule has 2 heterocycles. The van der Waals surface area contributed by atoms with Crippen LogP contribution < -0.4 is 38.8 Å². The van der Waals surface area contributed by atoms with Gasteiger partial charge in [-0.2, -0.15) is 0 Å². The molecule has 0 saturated carbocycles. The number of piperazine rings is 1. The first kappa shape index (κ1) is 26.3. The highest BCUT2D eigenvalue weighted by Gasteiger charge is 2.21. The van der Waals surface area contributed by atoms with Crippen LogP contribution >= 0.6 is 11.3 Å². The van der Waals surface area contributed by atoms with Gasteiger partial charge in [-0.1, -0.05) is 13.3 Å². The van der Waals surface area contributed by atoms with E-state index in [1.54, 1.807) is 7.11 Å². The smallest absolute Gasteiger partial charge is 0.201 e. The van der Waals surface area contributed by atoms with Gasteiger partial charge >= 0.3 is 0 Å². The topological polar surface area (TPSA) is 31.6 Å². The van der Waals surface area contributed by atoms with E-state index in [1.165, 1.54) is 44.6 Å². The zero-order valence-electron chi connectivity index (χ0n) is 20.7. The van der Waals surface area contributed by atoms with E-state index in [0.717, 1.165) is 57.1 Å². The number of aryl methyl sites for hydroxylation is 2. The predicted octanol–water partition coefficient (Wildman–Crippen LogP) is 0.992. The van der Waals surface area contributed by atoms with Crippen molar-refractivity contribution in [2.24, 2.45) is 0 Å². The number of halogens is 1. The molecule has 1 fully saturated rings. The van der Waals surface area contributed by atoms with E-state index in [-0.39, 0.29) is 24.0 Å². The predicted molar refractivity (Wildman–Crippen MR) is 137 cm³/mol. The van der Waals surface area contributed by atoms with E-state index in [0.29, 0.717) is 0 Å². The second kappa shape index (κ2) is 11.9. The molecule has 4 rings (SSSR count). The third-order valence-electron chi connectivity index (χ3n) is 6.58. The molecule has 5 nitrogen and oxygen atoms in total. The van der Waals surface area contributed by atoms with E-state index in [1.807, 2.05) is 11.3 Å². The van der Waals surface area contributed by atoms with E-state index in [2.05, 4.69) is 66.5 Å². The first-order chi connectivity index (χ1) is 15.5. The zero-order valence-corrected chi connectivity index (χ0v) is 23.6. The Kier molecular flexibility index (Phi) is 9.50. The molecule has 0 spiro atoms. The van der Waals surface area contributed by atoms with E-state index < -0.39 is 0 Å². The fourth-order valence-electron chi connectivity index (χ4n) is 4.51. The summed E-state index contributed by atoms with van der Waals surface area (Å²) < 4.78 is 9.04. The van der Waals surface area contributed by atoms with Crippen molar-refractivity contribution >= 4 is 27.2 Å². The van der Waals surface area contributed by atoms with E-state index >= 15 is 0 Å². The molecule has 1 aromatic rings. The Morgan fingerprint density at radius 3 is 2.58 bits per heavy atom. The lowest BCUT2D eigenvalue weighted by Crippen LogP contribution is -3.00. The van der Waals surface area contributed by atoms with Crippen LogP contribution in [0.15, 0.2) is 24.3 Å². The molecular formula is C26H37IN4OS. The maximum Gasteiger partial charge on any atom is 0.201 e. The summed E-state index contributed by atoms with van der Waals surface area (Å²) >= 11 is 1.88. The van der Waals surface area contributed by atoms with Crippen molar-refractivity contribution in [1.82, 2.24) is 14.5 Å². The number of methoxy groups -OCH3 is 1. The Hall–Kier alpha value is -1.29. The Labute approximate surface area is 219 Å². The Morgan fingerprint density at radius 1 is 1.12 bits per heavy atom. The van der Waals surface area contributed by atoms with Crippen LogP contribution in [0.1, 0.15) is 30.9 Å². The van der Waals surface area contributed by atoms with Crippen molar-refractivity contribution in [2.45, 2.75) is 33.6 Å². The highest BCUT2D eigenvalue weighted by Crippen LogP contribution is 2.35. The molecule has 0 amide bonds. The molecule has 3 aliphatic rings. The highest BCUT2D eigenvalue weighted by molar-refractivity contribution is 7.21. The average Bonchev–Trinajstić information content (AvgIpc) is 2.80. The van der Waals surface area contributed by atoms with Gasteiger partial charge in [0.05, 0.1) is 40.5 Å². The second-order valence-electron chi connectivity index (χ2n) is 9.03. The first-order valence-corrected chi connectivity index (χ1v) is 12.7. The van der Waals surface area contributed by atoms with Crippen molar-refractivity contribution < 1.29 is 28.7 Å². The summed E-state index contributed by atoms with van der Waals surface area (Å²) in [6.07, 6.45) is 2.43. The summed E-state index contributed by atoms with van der Waals surface area (Å²) in [5, 5.41) is 1.33. The molecular weight excluding hydrogens is 543 g/mol. The monoisotopic (exact) mass is 580 g/mol. The lowest BCUT2D eigenvalue weighted by Gasteiger charge is -2.24. The molecule has 7 heteroatoms. The van der Waals surface area contributed by atoms with Crippen LogP contribution in [0.2, 0.25) is 0 Å². The van der Waals surface area contributed by atoms with Crippen LogP contribution in [0.5, 0.6) is 0 Å². The minimum absolute atomic E-state index is 0. The summed E-state index contributed by atoms with van der Waals surface area (Å²) in [4.78, 5) is 11.3. The molecule has 180 valence electrons. The van der Waals surface area contributed by atoms with Gasteiger partial charge in [0.2, 0.25) is 5.36 Å². The van der Waals surface area contributed by atoms with Crippen molar-refractivity contribution in [1.29, 1.82) is 0 Å². The van der Waals surface area contributed by atoms with Crippen LogP contribution in [0.25, 0.3) is 20.8 Å². The third kappa shape index (κ3) is 6.05. The van der Waals surface area contributed by atoms with Crippen molar-refractivity contribution in [2.75, 3.05) is 64.9 Å². The maximum atomic E-state index is 5.24. The summed E-state index contributed by atoms with van der Waals surface area (Å²) in [6, 6.07) is 9.29. The number of anilines is 1. The lowest BCUT2D eigenvalue weighted by molar-refractivity contribution is -0.00000707. The number of rotatable bonds is 7. The third-order valence-corrected chi connectivity index (χ3v) is 7.64. The highest BCUT2D eigenvalue weighted by atomic mass is 127. The summed E-state index contributed by atoms with van der Waals surface area (Å²) in [5.41, 5.74) is 6.09. The minimum Gasteiger partial charge on any atom is -1.00 e. The Morgan fingerprint density at radius 2 is 1.88 bits per heavy atom. The van der Waals surface area contributed by atoms with Crippen LogP contribution in [-0.4, -0.2) is 69.9 Å². The molecule has 1 aromatic carbocycles. The zero-order chi connectivity index (χ0) is 22.7. The summed E-state index contributed by atoms with van der Waals surface area (Å²) in [5.74, 6) is 0. The largest absolute Gasteiger partial charge is 1.00 e. The standard InChI is InChI=1S/C26H37N4OS.HI/c1-6-7-8-28(4)21-15-19(2)25-23(17-21)32-24-18-22(16-20(3)26(24)27-25)30-11-9-29(10-12-30)13-14-31-5;/h15-18H,6-14H2,1-5H3;1H/q+1;/p-1. The maximum absolute atomic E-state index is 5.24. The Balaban J connectivity index is 0.00000306. The molecule has 2 aliphatic heterocycles. The molecule has 0 radical (unpaired) electrons. The van der Waals surface area contributed by atoms with E-state index in [9.17, 15) is 0 Å². The van der Waals surface area contributed by atoms with Gasteiger partial charge in [-0.15, -0.1) is 11.3 Å². The number of fused-ring (bicyclic) bond motifs is 2. The number of aromatic nitrogens is 1. The normalized spacial score (nSPS) is 14.6. The molecule has 1 saturated heterocycles. The molecule has 0 bridgehead atoms. The fraction of sp³-hybridized carbons (Fsp3) is 0.538. The minimum atomic E-state index is 0. The van der Waals surface area contributed by atoms with E-state index in [4.69, 9.17) is 9.72 Å². The lowest BCUT2D eigenvalue weighted by atomic mass is 10.1. The van der Waals surface area contributed by atoms with Crippen LogP contribution in [0.3, 0.4) is 0 Å². The molecule has 33 heavy (non-hydrogen) atoms. The number of unbranched alkanes of at least 4 members (excludes halogenated alkanes) is 1. The van der Waals surface area contributed by atoms with Gasteiger partial charge in [0.25, 0.3) is 0 Å². The van der Waals surface area contributed by atoms with Gasteiger partial charge in [-0.3, -0.25) is 4.90 Å². The molecule has 1 aliphatic carbocycles. The number of hydrogen-bond donors (Lipinski definition) is 0. The number of nitrogens with zero attached hydrogens (tertiary/aromatic N) is 4. The van der Waals surface area contributed by atoms with Crippen LogP contribution in [0.4, 0.5) is 5.69 Å². The van der Waals surface area contributed by atoms with Gasteiger partial charge in [-0.05, 0) is 43.5 Å². The van der Waals surface area contributed by atoms with Gasteiger partial charge in [0.15, 0.2) is 13.1 Å². The van der Waals surface area contributed by atoms with Crippen LogP contribution in [0, 0.1) is 13.8 Å². The number of ether oxygens (including phenoxy) is 1. The van der Waals surface area contributed by atoms with Crippen molar-refractivity contribution in [3.05, 3.63) is 40.7 Å². The average molecular weight is 581 g/mol. The fourth-order valence-corrected chi connectivity index (χ4v) is 5.71. The first-order valence-electron chi connectivity index (χ1n) is 11.9. The SMILES string of the molecule is CCCCN(C)c1cc(C)c2nc3c(C)cc(=[N+]4CCN(CCOC)CC4)cc-3sc2c1.[I-]. The quantitative estimate of drug-likeness (QED) is 0.237. The molecule has 0 unspecified atom stereocenters. The van der Waals surface area contributed by atoms with Crippen LogP contribution in [-0.2, 0) is 4.74 Å². The van der Waals surface area contributed by atoms with Gasteiger partial charge < -0.3 is 33.6 Å². The van der Waals surface area contributed by atoms with Crippen molar-refractivity contribution in [3.63, 3.8) is 0 Å². The summed E-state index contributed by atoms with van der Waals surface area (Å²) in [7, 11) is 3.98. The van der Waals surface area contributed by atoms with Gasteiger partial charge in [-0.25, -0.2) is 9.56 Å². The Bertz CT molecular complexity index is 1120. The van der Waals surface area contributed by atoms with Gasteiger partial charge in [0, 0.05) is 45.1 Å². The molecule has 0 aromatic heterocycles. The number of hydrogen-bond acceptors (Lipinski definition) is 5.